The minimum atomic E-state index is 0.0791. The van der Waals surface area contributed by atoms with Crippen molar-refractivity contribution in [2.75, 3.05) is 0 Å². The molecule has 0 aromatic carbocycles. The summed E-state index contributed by atoms with van der Waals surface area (Å²) in [6, 6.07) is 0. The number of aryl methyl sites for hydroxylation is 1. The lowest BCUT2D eigenvalue weighted by Crippen LogP contribution is -2.04. The minimum absolute atomic E-state index is 0.0791. The topological polar surface area (TPSA) is 55.7 Å². The summed E-state index contributed by atoms with van der Waals surface area (Å²) in [7, 11) is 0. The van der Waals surface area contributed by atoms with Crippen LogP contribution in [-0.2, 0) is 11.2 Å². The number of carbonyl (C=O) groups excluding carboxylic acids is 1. The number of aromatic nitrogens is 3. The van der Waals surface area contributed by atoms with E-state index in [2.05, 4.69) is 15.2 Å². The Morgan fingerprint density at radius 3 is 2.91 bits per heavy atom. The average Bonchev–Trinajstić information content (AvgIpc) is 1.93. The first-order chi connectivity index (χ1) is 5.20. The first kappa shape index (κ1) is 7.78. The van der Waals surface area contributed by atoms with Gasteiger partial charge in [-0.15, -0.1) is 5.10 Å². The Hall–Kier alpha value is -1.32. The van der Waals surface area contributed by atoms with Gasteiger partial charge in [0.25, 0.3) is 0 Å². The van der Waals surface area contributed by atoms with Crippen molar-refractivity contribution in [3.63, 3.8) is 0 Å². The number of hydrogen-bond acceptors (Lipinski definition) is 4. The van der Waals surface area contributed by atoms with Gasteiger partial charge in [0.05, 0.1) is 17.8 Å². The lowest BCUT2D eigenvalue weighted by atomic mass is 10.2. The highest BCUT2D eigenvalue weighted by molar-refractivity contribution is 5.77. The van der Waals surface area contributed by atoms with Gasteiger partial charge >= 0.3 is 0 Å². The number of carbonyl (C=O) groups is 1. The largest absolute Gasteiger partial charge is 0.300 e. The van der Waals surface area contributed by atoms with Gasteiger partial charge in [0.2, 0.25) is 0 Å². The summed E-state index contributed by atoms with van der Waals surface area (Å²) < 4.78 is 0. The van der Waals surface area contributed by atoms with E-state index in [0.29, 0.717) is 12.1 Å². The van der Waals surface area contributed by atoms with Gasteiger partial charge in [-0.25, -0.2) is 4.98 Å². The maximum atomic E-state index is 10.7. The van der Waals surface area contributed by atoms with E-state index in [1.165, 1.54) is 13.3 Å². The van der Waals surface area contributed by atoms with Crippen LogP contribution in [0.15, 0.2) is 6.33 Å². The van der Waals surface area contributed by atoms with Crippen molar-refractivity contribution < 1.29 is 4.79 Å². The number of nitrogens with zero attached hydrogens (tertiary/aromatic N) is 3. The highest BCUT2D eigenvalue weighted by atomic mass is 16.1. The summed E-state index contributed by atoms with van der Waals surface area (Å²) in [5.41, 5.74) is 1.44. The van der Waals surface area contributed by atoms with Crippen molar-refractivity contribution in [2.24, 2.45) is 0 Å². The summed E-state index contributed by atoms with van der Waals surface area (Å²) >= 11 is 0. The maximum absolute atomic E-state index is 10.7. The monoisotopic (exact) mass is 151 g/mol. The van der Waals surface area contributed by atoms with Crippen LogP contribution in [0.5, 0.6) is 0 Å². The van der Waals surface area contributed by atoms with Crippen LogP contribution in [-0.4, -0.2) is 21.0 Å². The van der Waals surface area contributed by atoms with Gasteiger partial charge in [-0.2, -0.15) is 5.10 Å². The van der Waals surface area contributed by atoms with Gasteiger partial charge < -0.3 is 0 Å². The van der Waals surface area contributed by atoms with Crippen LogP contribution in [0.2, 0.25) is 0 Å². The van der Waals surface area contributed by atoms with Crippen molar-refractivity contribution in [1.29, 1.82) is 0 Å². The fourth-order valence-electron chi connectivity index (χ4n) is 0.754. The second-order valence-electron chi connectivity index (χ2n) is 2.37. The molecule has 58 valence electrons. The van der Waals surface area contributed by atoms with Crippen LogP contribution in [0.3, 0.4) is 0 Å². The highest BCUT2D eigenvalue weighted by Gasteiger charge is 2.02. The van der Waals surface area contributed by atoms with E-state index in [1.807, 2.05) is 6.92 Å². The summed E-state index contributed by atoms with van der Waals surface area (Å²) in [6.07, 6.45) is 1.70. The third kappa shape index (κ3) is 2.07. The molecule has 4 nitrogen and oxygen atoms in total. The molecule has 0 N–H and O–H groups in total. The molecule has 4 heteroatoms. The number of rotatable bonds is 2. The molecule has 1 rings (SSSR count). The molecular formula is C7H9N3O. The lowest BCUT2D eigenvalue weighted by molar-refractivity contribution is -0.116. The molecule has 0 saturated heterocycles. The summed E-state index contributed by atoms with van der Waals surface area (Å²) in [4.78, 5) is 14.6. The Balaban J connectivity index is 2.86. The van der Waals surface area contributed by atoms with Crippen LogP contribution in [0.25, 0.3) is 0 Å². The average molecular weight is 151 g/mol. The first-order valence-electron chi connectivity index (χ1n) is 3.32. The molecule has 0 atom stereocenters. The van der Waals surface area contributed by atoms with Crippen LogP contribution < -0.4 is 0 Å². The molecule has 0 bridgehead atoms. The molecule has 0 unspecified atom stereocenters. The fraction of sp³-hybridized carbons (Fsp3) is 0.429. The third-order valence-electron chi connectivity index (χ3n) is 1.32. The Labute approximate surface area is 64.7 Å². The standard InChI is InChI=1S/C7H9N3O/c1-5(11)3-7-6(2)8-4-9-10-7/h4H,3H2,1-2H3. The second-order valence-corrected chi connectivity index (χ2v) is 2.37. The molecule has 0 radical (unpaired) electrons. The molecule has 0 fully saturated rings. The van der Waals surface area contributed by atoms with Crippen molar-refractivity contribution in [1.82, 2.24) is 15.2 Å². The molecule has 1 aromatic rings. The predicted octanol–water partition coefficient (Wildman–Crippen LogP) is 0.312. The third-order valence-corrected chi connectivity index (χ3v) is 1.32. The van der Waals surface area contributed by atoms with E-state index in [0.717, 1.165) is 5.69 Å². The number of hydrogen-bond donors (Lipinski definition) is 0. The molecule has 0 aliphatic rings. The molecule has 0 aliphatic heterocycles. The van der Waals surface area contributed by atoms with Crippen molar-refractivity contribution in [3.8, 4) is 0 Å². The molecule has 1 aromatic heterocycles. The molecule has 1 heterocycles. The summed E-state index contributed by atoms with van der Waals surface area (Å²) in [6.45, 7) is 3.33. The Bertz CT molecular complexity index is 272. The molecule has 0 spiro atoms. The summed E-state index contributed by atoms with van der Waals surface area (Å²) in [5, 5.41) is 7.37. The Kier molecular flexibility index (Phi) is 2.25. The second kappa shape index (κ2) is 3.18. The van der Waals surface area contributed by atoms with E-state index >= 15 is 0 Å². The van der Waals surface area contributed by atoms with Crippen LogP contribution in [0.1, 0.15) is 18.3 Å². The molecule has 0 aliphatic carbocycles. The number of Topliss-reactive ketones (excluding diaryl/α,β-unsaturated/α-hetero) is 1. The molecule has 0 saturated carbocycles. The molecule has 0 amide bonds. The van der Waals surface area contributed by atoms with E-state index in [-0.39, 0.29) is 5.78 Å². The number of ketones is 1. The van der Waals surface area contributed by atoms with Crippen molar-refractivity contribution >= 4 is 5.78 Å². The zero-order valence-electron chi connectivity index (χ0n) is 6.53. The highest BCUT2D eigenvalue weighted by Crippen LogP contribution is 1.98. The Morgan fingerprint density at radius 2 is 2.36 bits per heavy atom. The van der Waals surface area contributed by atoms with Crippen molar-refractivity contribution in [3.05, 3.63) is 17.7 Å². The molecule has 11 heavy (non-hydrogen) atoms. The van der Waals surface area contributed by atoms with E-state index in [9.17, 15) is 4.79 Å². The van der Waals surface area contributed by atoms with Gasteiger partial charge in [-0.3, -0.25) is 4.79 Å². The van der Waals surface area contributed by atoms with Gasteiger partial charge in [0.1, 0.15) is 12.1 Å². The zero-order chi connectivity index (χ0) is 8.27. The van der Waals surface area contributed by atoms with Gasteiger partial charge in [-0.1, -0.05) is 0 Å². The summed E-state index contributed by atoms with van der Waals surface area (Å²) in [5.74, 6) is 0.0791. The minimum Gasteiger partial charge on any atom is -0.300 e. The van der Waals surface area contributed by atoms with Crippen LogP contribution >= 0.6 is 0 Å². The fourth-order valence-corrected chi connectivity index (χ4v) is 0.754. The Morgan fingerprint density at radius 1 is 1.64 bits per heavy atom. The van der Waals surface area contributed by atoms with E-state index < -0.39 is 0 Å². The van der Waals surface area contributed by atoms with Gasteiger partial charge in [-0.05, 0) is 13.8 Å². The van der Waals surface area contributed by atoms with Gasteiger partial charge in [0, 0.05) is 0 Å². The zero-order valence-corrected chi connectivity index (χ0v) is 6.53. The van der Waals surface area contributed by atoms with Crippen LogP contribution in [0, 0.1) is 6.92 Å². The SMILES string of the molecule is CC(=O)Cc1nncnc1C. The van der Waals surface area contributed by atoms with Gasteiger partial charge in [0.15, 0.2) is 0 Å². The normalized spacial score (nSPS) is 9.64. The quantitative estimate of drug-likeness (QED) is 0.610. The predicted molar refractivity (Wildman–Crippen MR) is 38.9 cm³/mol. The smallest absolute Gasteiger partial charge is 0.138 e. The van der Waals surface area contributed by atoms with Crippen LogP contribution in [0.4, 0.5) is 0 Å². The maximum Gasteiger partial charge on any atom is 0.138 e. The van der Waals surface area contributed by atoms with E-state index in [1.54, 1.807) is 0 Å². The van der Waals surface area contributed by atoms with Crippen molar-refractivity contribution in [2.45, 2.75) is 20.3 Å². The lowest BCUT2D eigenvalue weighted by Gasteiger charge is -1.97. The molecular weight excluding hydrogens is 142 g/mol. The first-order valence-corrected chi connectivity index (χ1v) is 3.32. The van der Waals surface area contributed by atoms with E-state index in [4.69, 9.17) is 0 Å².